The van der Waals surface area contributed by atoms with Crippen LogP contribution >= 0.6 is 11.3 Å². The predicted octanol–water partition coefficient (Wildman–Crippen LogP) is 0.862. The Kier molecular flexibility index (Phi) is 3.50. The van der Waals surface area contributed by atoms with Gasteiger partial charge in [-0.25, -0.2) is 4.79 Å². The zero-order valence-electron chi connectivity index (χ0n) is 10.1. The smallest absolute Gasteiger partial charge is 0.337 e. The minimum absolute atomic E-state index is 0.330. The lowest BCUT2D eigenvalue weighted by Gasteiger charge is -2.18. The van der Waals surface area contributed by atoms with E-state index in [0.717, 1.165) is 17.1 Å². The second-order valence-corrected chi connectivity index (χ2v) is 5.24. The molecule has 1 atom stereocenters. The number of hydrogen-bond acceptors (Lipinski definition) is 5. The number of carbonyl (C=O) groups excluding carboxylic acids is 1. The predicted molar refractivity (Wildman–Crippen MR) is 70.2 cm³/mol. The summed E-state index contributed by atoms with van der Waals surface area (Å²) in [4.78, 5) is 26.6. The van der Waals surface area contributed by atoms with Crippen molar-refractivity contribution in [3.63, 3.8) is 0 Å². The van der Waals surface area contributed by atoms with Gasteiger partial charge < -0.3 is 15.5 Å². The normalized spacial score (nSPS) is 14.0. The monoisotopic (exact) mass is 280 g/mol. The number of carboxylic acids is 1. The molecule has 0 spiro atoms. The SMILES string of the molecule is CC(O)(CNC(=O)c1cnc2ccsc2c1)C(=O)O. The Hall–Kier alpha value is -1.99. The minimum atomic E-state index is -1.99. The van der Waals surface area contributed by atoms with Crippen LogP contribution < -0.4 is 5.32 Å². The van der Waals surface area contributed by atoms with Crippen molar-refractivity contribution in [3.8, 4) is 0 Å². The van der Waals surface area contributed by atoms with Crippen molar-refractivity contribution < 1.29 is 19.8 Å². The number of pyridine rings is 1. The van der Waals surface area contributed by atoms with Gasteiger partial charge in [0.05, 0.1) is 22.3 Å². The van der Waals surface area contributed by atoms with Crippen molar-refractivity contribution in [3.05, 3.63) is 29.3 Å². The summed E-state index contributed by atoms with van der Waals surface area (Å²) in [5.74, 6) is -1.86. The lowest BCUT2D eigenvalue weighted by Crippen LogP contribution is -2.46. The Morgan fingerprint density at radius 2 is 2.26 bits per heavy atom. The van der Waals surface area contributed by atoms with Gasteiger partial charge in [0.2, 0.25) is 0 Å². The molecule has 0 aliphatic rings. The van der Waals surface area contributed by atoms with E-state index in [1.54, 1.807) is 6.07 Å². The number of rotatable bonds is 4. The number of amides is 1. The Labute approximate surface area is 112 Å². The highest BCUT2D eigenvalue weighted by Crippen LogP contribution is 2.19. The molecule has 0 saturated carbocycles. The van der Waals surface area contributed by atoms with E-state index in [9.17, 15) is 14.7 Å². The van der Waals surface area contributed by atoms with Gasteiger partial charge in [0.25, 0.3) is 5.91 Å². The second-order valence-electron chi connectivity index (χ2n) is 4.29. The molecule has 1 amide bonds. The van der Waals surface area contributed by atoms with E-state index < -0.39 is 17.5 Å². The molecule has 2 aromatic heterocycles. The molecule has 0 radical (unpaired) electrons. The third kappa shape index (κ3) is 2.88. The third-order valence-corrected chi connectivity index (χ3v) is 3.47. The van der Waals surface area contributed by atoms with Crippen molar-refractivity contribution in [1.82, 2.24) is 10.3 Å². The summed E-state index contributed by atoms with van der Waals surface area (Å²) in [5, 5.41) is 22.5. The van der Waals surface area contributed by atoms with Gasteiger partial charge in [-0.3, -0.25) is 9.78 Å². The Balaban J connectivity index is 2.09. The topological polar surface area (TPSA) is 99.5 Å². The van der Waals surface area contributed by atoms with Crippen molar-refractivity contribution in [1.29, 1.82) is 0 Å². The standard InChI is InChI=1S/C12H12N2O4S/c1-12(18,11(16)17)6-14-10(15)7-4-9-8(13-5-7)2-3-19-9/h2-5,18H,6H2,1H3,(H,14,15)(H,16,17). The summed E-state index contributed by atoms with van der Waals surface area (Å²) < 4.78 is 0.873. The molecule has 2 aromatic rings. The number of carboxylic acid groups (broad SMARTS) is 1. The molecule has 2 heterocycles. The molecule has 3 N–H and O–H groups in total. The fourth-order valence-corrected chi connectivity index (χ4v) is 2.18. The molecule has 0 saturated heterocycles. The third-order valence-electron chi connectivity index (χ3n) is 2.62. The van der Waals surface area contributed by atoms with Crippen LogP contribution in [0.25, 0.3) is 10.2 Å². The molecule has 7 heteroatoms. The summed E-state index contributed by atoms with van der Waals surface area (Å²) in [5.41, 5.74) is -0.855. The maximum atomic E-state index is 11.8. The first-order chi connectivity index (χ1) is 8.90. The molecule has 0 aliphatic heterocycles. The molecule has 100 valence electrons. The highest BCUT2D eigenvalue weighted by atomic mass is 32.1. The average Bonchev–Trinajstić information content (AvgIpc) is 2.82. The molecule has 6 nitrogen and oxygen atoms in total. The van der Waals surface area contributed by atoms with Crippen LogP contribution in [-0.4, -0.2) is 39.2 Å². The summed E-state index contributed by atoms with van der Waals surface area (Å²) in [6, 6.07) is 3.52. The summed E-state index contributed by atoms with van der Waals surface area (Å²) in [6.45, 7) is 0.750. The maximum Gasteiger partial charge on any atom is 0.337 e. The number of nitrogens with one attached hydrogen (secondary N) is 1. The van der Waals surface area contributed by atoms with E-state index >= 15 is 0 Å². The van der Waals surface area contributed by atoms with Crippen LogP contribution in [0.1, 0.15) is 17.3 Å². The number of aromatic nitrogens is 1. The molecule has 0 aromatic carbocycles. The first kappa shape index (κ1) is 13.4. The number of nitrogens with zero attached hydrogens (tertiary/aromatic N) is 1. The fourth-order valence-electron chi connectivity index (χ4n) is 1.40. The van der Waals surface area contributed by atoms with E-state index in [2.05, 4.69) is 10.3 Å². The zero-order chi connectivity index (χ0) is 14.0. The number of hydrogen-bond donors (Lipinski definition) is 3. The summed E-state index contributed by atoms with van der Waals surface area (Å²) >= 11 is 1.46. The van der Waals surface area contributed by atoms with Crippen LogP contribution in [0, 0.1) is 0 Å². The van der Waals surface area contributed by atoms with Crippen molar-refractivity contribution >= 4 is 33.4 Å². The van der Waals surface area contributed by atoms with E-state index in [-0.39, 0.29) is 6.54 Å². The van der Waals surface area contributed by atoms with Gasteiger partial charge in [0.1, 0.15) is 0 Å². The van der Waals surface area contributed by atoms with Crippen LogP contribution in [0.5, 0.6) is 0 Å². The van der Waals surface area contributed by atoms with Crippen LogP contribution in [0.15, 0.2) is 23.7 Å². The van der Waals surface area contributed by atoms with Crippen LogP contribution in [0.4, 0.5) is 0 Å². The van der Waals surface area contributed by atoms with E-state index in [0.29, 0.717) is 5.56 Å². The molecule has 0 bridgehead atoms. The average molecular weight is 280 g/mol. The van der Waals surface area contributed by atoms with Gasteiger partial charge in [-0.1, -0.05) is 0 Å². The van der Waals surface area contributed by atoms with Gasteiger partial charge in [0, 0.05) is 6.20 Å². The largest absolute Gasteiger partial charge is 0.479 e. The van der Waals surface area contributed by atoms with Crippen LogP contribution in [-0.2, 0) is 4.79 Å². The molecule has 0 aliphatic carbocycles. The van der Waals surface area contributed by atoms with E-state index in [4.69, 9.17) is 5.11 Å². The molecule has 1 unspecified atom stereocenters. The maximum absolute atomic E-state index is 11.8. The summed E-state index contributed by atoms with van der Waals surface area (Å²) in [7, 11) is 0. The number of aliphatic carboxylic acids is 1. The molecular formula is C12H12N2O4S. The zero-order valence-corrected chi connectivity index (χ0v) is 10.9. The van der Waals surface area contributed by atoms with Gasteiger partial charge in [-0.05, 0) is 24.4 Å². The Morgan fingerprint density at radius 1 is 1.53 bits per heavy atom. The van der Waals surface area contributed by atoms with Crippen molar-refractivity contribution in [2.24, 2.45) is 0 Å². The number of aliphatic hydroxyl groups is 1. The Morgan fingerprint density at radius 3 is 2.95 bits per heavy atom. The molecule has 2 rings (SSSR count). The van der Waals surface area contributed by atoms with Gasteiger partial charge in [-0.2, -0.15) is 0 Å². The first-order valence-corrected chi connectivity index (χ1v) is 6.35. The first-order valence-electron chi connectivity index (χ1n) is 5.47. The quantitative estimate of drug-likeness (QED) is 0.771. The van der Waals surface area contributed by atoms with Crippen molar-refractivity contribution in [2.75, 3.05) is 6.54 Å². The minimum Gasteiger partial charge on any atom is -0.479 e. The summed E-state index contributed by atoms with van der Waals surface area (Å²) in [6.07, 6.45) is 1.42. The molecule has 19 heavy (non-hydrogen) atoms. The lowest BCUT2D eigenvalue weighted by molar-refractivity contribution is -0.155. The molecule has 0 fully saturated rings. The number of carbonyl (C=O) groups is 2. The second kappa shape index (κ2) is 4.94. The fraction of sp³-hybridized carbons (Fsp3) is 0.250. The number of fused-ring (bicyclic) bond motifs is 1. The van der Waals surface area contributed by atoms with Crippen molar-refractivity contribution in [2.45, 2.75) is 12.5 Å². The molecular weight excluding hydrogens is 268 g/mol. The Bertz CT molecular complexity index is 635. The van der Waals surface area contributed by atoms with Gasteiger partial charge >= 0.3 is 5.97 Å². The number of thiophene rings is 1. The van der Waals surface area contributed by atoms with E-state index in [1.165, 1.54) is 17.5 Å². The highest BCUT2D eigenvalue weighted by Gasteiger charge is 2.30. The lowest BCUT2D eigenvalue weighted by atomic mass is 10.1. The van der Waals surface area contributed by atoms with Crippen LogP contribution in [0.2, 0.25) is 0 Å². The van der Waals surface area contributed by atoms with Gasteiger partial charge in [-0.15, -0.1) is 11.3 Å². The van der Waals surface area contributed by atoms with Gasteiger partial charge in [0.15, 0.2) is 5.60 Å². The van der Waals surface area contributed by atoms with Crippen LogP contribution in [0.3, 0.4) is 0 Å². The van der Waals surface area contributed by atoms with E-state index in [1.807, 2.05) is 11.4 Å². The highest BCUT2D eigenvalue weighted by molar-refractivity contribution is 7.17.